The third-order valence-electron chi connectivity index (χ3n) is 2.82. The zero-order valence-electron chi connectivity index (χ0n) is 11.7. The van der Waals surface area contributed by atoms with Gasteiger partial charge in [-0.15, -0.1) is 0 Å². The standard InChI is InChI=1S/C15H15Br2NO3/c1-9-3-12(20-2)6-11(18-9)8-21-15-13(16)4-10(7-19)5-14(15)17/h3-6,19H,7-8H2,1-2H3. The van der Waals surface area contributed by atoms with Gasteiger partial charge < -0.3 is 14.6 Å². The molecule has 2 aromatic rings. The van der Waals surface area contributed by atoms with Crippen LogP contribution in [0.1, 0.15) is 17.0 Å². The van der Waals surface area contributed by atoms with Crippen molar-refractivity contribution >= 4 is 31.9 Å². The van der Waals surface area contributed by atoms with Crippen LogP contribution in [0.2, 0.25) is 0 Å². The zero-order chi connectivity index (χ0) is 15.4. The second kappa shape index (κ2) is 7.24. The predicted octanol–water partition coefficient (Wildman–Crippen LogP) is 3.99. The molecule has 112 valence electrons. The number of ether oxygens (including phenoxy) is 2. The number of hydrogen-bond donors (Lipinski definition) is 1. The van der Waals surface area contributed by atoms with Crippen LogP contribution >= 0.6 is 31.9 Å². The van der Waals surface area contributed by atoms with Gasteiger partial charge in [0.1, 0.15) is 18.1 Å². The van der Waals surface area contributed by atoms with Crippen LogP contribution in [0.5, 0.6) is 11.5 Å². The SMILES string of the molecule is COc1cc(C)nc(COc2c(Br)cc(CO)cc2Br)c1. The van der Waals surface area contributed by atoms with Gasteiger partial charge >= 0.3 is 0 Å². The number of aliphatic hydroxyl groups excluding tert-OH is 1. The third kappa shape index (κ3) is 4.18. The molecule has 1 aromatic carbocycles. The van der Waals surface area contributed by atoms with Crippen LogP contribution in [-0.2, 0) is 13.2 Å². The van der Waals surface area contributed by atoms with Gasteiger partial charge in [-0.05, 0) is 56.5 Å². The lowest BCUT2D eigenvalue weighted by molar-refractivity contribution is 0.279. The van der Waals surface area contributed by atoms with Gasteiger partial charge in [0.15, 0.2) is 0 Å². The maximum atomic E-state index is 9.17. The molecular weight excluding hydrogens is 402 g/mol. The highest BCUT2D eigenvalue weighted by Gasteiger charge is 2.10. The number of rotatable bonds is 5. The van der Waals surface area contributed by atoms with E-state index in [-0.39, 0.29) is 6.61 Å². The minimum atomic E-state index is -0.0197. The molecule has 6 heteroatoms. The summed E-state index contributed by atoms with van der Waals surface area (Å²) in [5, 5.41) is 9.17. The highest BCUT2D eigenvalue weighted by molar-refractivity contribution is 9.11. The molecule has 0 fully saturated rings. The highest BCUT2D eigenvalue weighted by Crippen LogP contribution is 2.35. The molecular formula is C15H15Br2NO3. The lowest BCUT2D eigenvalue weighted by atomic mass is 10.2. The molecule has 2 rings (SSSR count). The average molecular weight is 417 g/mol. The molecule has 0 aliphatic heterocycles. The van der Waals surface area contributed by atoms with Crippen molar-refractivity contribution in [2.75, 3.05) is 7.11 Å². The second-order valence-electron chi connectivity index (χ2n) is 4.48. The van der Waals surface area contributed by atoms with E-state index in [2.05, 4.69) is 36.8 Å². The van der Waals surface area contributed by atoms with E-state index in [4.69, 9.17) is 14.6 Å². The fourth-order valence-corrected chi connectivity index (χ4v) is 3.39. The lowest BCUT2D eigenvalue weighted by Crippen LogP contribution is -2.02. The number of hydrogen-bond acceptors (Lipinski definition) is 4. The summed E-state index contributed by atoms with van der Waals surface area (Å²) in [6.07, 6.45) is 0. The first-order valence-electron chi connectivity index (χ1n) is 6.26. The number of methoxy groups -OCH3 is 1. The molecule has 0 unspecified atom stereocenters. The van der Waals surface area contributed by atoms with Crippen molar-refractivity contribution in [1.29, 1.82) is 0 Å². The molecule has 0 bridgehead atoms. The molecule has 0 aliphatic carbocycles. The average Bonchev–Trinajstić information content (AvgIpc) is 2.45. The van der Waals surface area contributed by atoms with Gasteiger partial charge in [0.25, 0.3) is 0 Å². The van der Waals surface area contributed by atoms with E-state index >= 15 is 0 Å². The number of benzene rings is 1. The summed E-state index contributed by atoms with van der Waals surface area (Å²) in [6.45, 7) is 2.22. The molecule has 0 radical (unpaired) electrons. The van der Waals surface area contributed by atoms with E-state index < -0.39 is 0 Å². The number of aryl methyl sites for hydroxylation is 1. The van der Waals surface area contributed by atoms with Crippen molar-refractivity contribution in [2.24, 2.45) is 0 Å². The Balaban J connectivity index is 2.18. The van der Waals surface area contributed by atoms with Gasteiger partial charge in [-0.1, -0.05) is 0 Å². The third-order valence-corrected chi connectivity index (χ3v) is 4.00. The summed E-state index contributed by atoms with van der Waals surface area (Å²) in [5.74, 6) is 1.43. The molecule has 1 heterocycles. The minimum absolute atomic E-state index is 0.0197. The van der Waals surface area contributed by atoms with Crippen LogP contribution in [0.3, 0.4) is 0 Å². The van der Waals surface area contributed by atoms with Gasteiger partial charge in [0.2, 0.25) is 0 Å². The molecule has 0 saturated carbocycles. The first-order valence-corrected chi connectivity index (χ1v) is 7.85. The molecule has 0 aliphatic rings. The van der Waals surface area contributed by atoms with Gasteiger partial charge in [-0.25, -0.2) is 0 Å². The summed E-state index contributed by atoms with van der Waals surface area (Å²) >= 11 is 6.89. The molecule has 21 heavy (non-hydrogen) atoms. The Hall–Kier alpha value is -1.11. The number of pyridine rings is 1. The van der Waals surface area contributed by atoms with E-state index in [1.807, 2.05) is 31.2 Å². The van der Waals surface area contributed by atoms with Crippen LogP contribution in [-0.4, -0.2) is 17.2 Å². The normalized spacial score (nSPS) is 10.5. The zero-order valence-corrected chi connectivity index (χ0v) is 14.9. The Labute approximate surface area is 140 Å². The van der Waals surface area contributed by atoms with Crippen LogP contribution in [0.15, 0.2) is 33.2 Å². The molecule has 1 aromatic heterocycles. The van der Waals surface area contributed by atoms with Crippen molar-refractivity contribution in [1.82, 2.24) is 4.98 Å². The van der Waals surface area contributed by atoms with E-state index in [1.54, 1.807) is 7.11 Å². The molecule has 0 spiro atoms. The van der Waals surface area contributed by atoms with Crippen molar-refractivity contribution in [3.05, 3.63) is 50.2 Å². The molecule has 4 nitrogen and oxygen atoms in total. The smallest absolute Gasteiger partial charge is 0.148 e. The molecule has 0 atom stereocenters. The maximum Gasteiger partial charge on any atom is 0.148 e. The van der Waals surface area contributed by atoms with Crippen LogP contribution < -0.4 is 9.47 Å². The van der Waals surface area contributed by atoms with Crippen LogP contribution in [0.25, 0.3) is 0 Å². The Kier molecular flexibility index (Phi) is 5.61. The number of aromatic nitrogens is 1. The molecule has 0 amide bonds. The summed E-state index contributed by atoms with van der Waals surface area (Å²) in [5.41, 5.74) is 2.47. The van der Waals surface area contributed by atoms with E-state index in [0.29, 0.717) is 12.4 Å². The van der Waals surface area contributed by atoms with Crippen molar-refractivity contribution in [3.8, 4) is 11.5 Å². The van der Waals surface area contributed by atoms with E-state index in [9.17, 15) is 0 Å². The number of nitrogens with zero attached hydrogens (tertiary/aromatic N) is 1. The fraction of sp³-hybridized carbons (Fsp3) is 0.267. The quantitative estimate of drug-likeness (QED) is 0.800. The van der Waals surface area contributed by atoms with Gasteiger partial charge in [-0.2, -0.15) is 0 Å². The first-order chi connectivity index (χ1) is 10.0. The van der Waals surface area contributed by atoms with E-state index in [0.717, 1.165) is 31.6 Å². The van der Waals surface area contributed by atoms with Crippen molar-refractivity contribution in [2.45, 2.75) is 20.1 Å². The summed E-state index contributed by atoms with van der Waals surface area (Å²) in [6, 6.07) is 7.36. The van der Waals surface area contributed by atoms with Gasteiger partial charge in [-0.3, -0.25) is 4.98 Å². The summed E-state index contributed by atoms with van der Waals surface area (Å²) in [7, 11) is 1.63. The van der Waals surface area contributed by atoms with Gasteiger partial charge in [0, 0.05) is 17.8 Å². The highest BCUT2D eigenvalue weighted by atomic mass is 79.9. The summed E-state index contributed by atoms with van der Waals surface area (Å²) in [4.78, 5) is 4.41. The van der Waals surface area contributed by atoms with Gasteiger partial charge in [0.05, 0.1) is 28.4 Å². The van der Waals surface area contributed by atoms with Crippen LogP contribution in [0.4, 0.5) is 0 Å². The van der Waals surface area contributed by atoms with Crippen LogP contribution in [0, 0.1) is 6.92 Å². The first kappa shape index (κ1) is 16.3. The largest absolute Gasteiger partial charge is 0.497 e. The monoisotopic (exact) mass is 415 g/mol. The number of halogens is 2. The Morgan fingerprint density at radius 3 is 2.38 bits per heavy atom. The van der Waals surface area contributed by atoms with E-state index in [1.165, 1.54) is 0 Å². The minimum Gasteiger partial charge on any atom is -0.497 e. The second-order valence-corrected chi connectivity index (χ2v) is 6.18. The summed E-state index contributed by atoms with van der Waals surface area (Å²) < 4.78 is 12.6. The maximum absolute atomic E-state index is 9.17. The predicted molar refractivity (Wildman–Crippen MR) is 87.6 cm³/mol. The Morgan fingerprint density at radius 1 is 1.14 bits per heavy atom. The Morgan fingerprint density at radius 2 is 1.81 bits per heavy atom. The Bertz CT molecular complexity index is 624. The lowest BCUT2D eigenvalue weighted by Gasteiger charge is -2.12. The molecule has 0 saturated heterocycles. The fourth-order valence-electron chi connectivity index (χ4n) is 1.88. The number of aliphatic hydroxyl groups is 1. The van der Waals surface area contributed by atoms with Crippen molar-refractivity contribution < 1.29 is 14.6 Å². The topological polar surface area (TPSA) is 51.6 Å². The molecule has 1 N–H and O–H groups in total. The van der Waals surface area contributed by atoms with Crippen molar-refractivity contribution in [3.63, 3.8) is 0 Å².